The zero-order valence-corrected chi connectivity index (χ0v) is 18.7. The third-order valence-corrected chi connectivity index (χ3v) is 6.04. The van der Waals surface area contributed by atoms with E-state index in [1.165, 1.54) is 12.1 Å². The van der Waals surface area contributed by atoms with E-state index in [4.69, 9.17) is 9.26 Å². The van der Waals surface area contributed by atoms with Gasteiger partial charge in [-0.3, -0.25) is 14.9 Å². The fourth-order valence-corrected chi connectivity index (χ4v) is 4.24. The Kier molecular flexibility index (Phi) is 6.67. The maximum atomic E-state index is 13.5. The summed E-state index contributed by atoms with van der Waals surface area (Å²) >= 11 is 0. The number of methoxy groups -OCH3 is 1. The first-order valence-electron chi connectivity index (χ1n) is 11.0. The van der Waals surface area contributed by atoms with E-state index >= 15 is 0 Å². The normalized spacial score (nSPS) is 14.1. The Hall–Kier alpha value is -3.75. The Balaban J connectivity index is 1.59. The molecule has 0 unspecified atom stereocenters. The van der Waals surface area contributed by atoms with Crippen LogP contribution in [-0.2, 0) is 6.54 Å². The van der Waals surface area contributed by atoms with E-state index in [-0.39, 0.29) is 24.2 Å². The smallest absolute Gasteiger partial charge is 0.272 e. The van der Waals surface area contributed by atoms with Crippen LogP contribution in [0.15, 0.2) is 47.0 Å². The molecule has 0 radical (unpaired) electrons. The average molecular weight is 450 g/mol. The highest BCUT2D eigenvalue weighted by molar-refractivity contribution is 5.95. The summed E-state index contributed by atoms with van der Waals surface area (Å²) in [6, 6.07) is 11.9. The summed E-state index contributed by atoms with van der Waals surface area (Å²) < 4.78 is 10.7. The molecule has 1 aliphatic carbocycles. The van der Waals surface area contributed by atoms with Crippen LogP contribution in [0.2, 0.25) is 0 Å². The van der Waals surface area contributed by atoms with Crippen LogP contribution < -0.4 is 4.74 Å². The van der Waals surface area contributed by atoms with Crippen LogP contribution in [0.1, 0.15) is 53.9 Å². The van der Waals surface area contributed by atoms with Crippen LogP contribution in [0.25, 0.3) is 11.4 Å². The minimum Gasteiger partial charge on any atom is -0.497 e. The molecule has 0 spiro atoms. The highest BCUT2D eigenvalue weighted by Gasteiger charge is 2.29. The zero-order valence-electron chi connectivity index (χ0n) is 18.7. The van der Waals surface area contributed by atoms with Gasteiger partial charge in [0, 0.05) is 28.8 Å². The number of benzene rings is 2. The van der Waals surface area contributed by atoms with Crippen LogP contribution in [0.3, 0.4) is 0 Å². The Labute approximate surface area is 191 Å². The van der Waals surface area contributed by atoms with E-state index in [1.807, 2.05) is 24.3 Å². The lowest BCUT2D eigenvalue weighted by Crippen LogP contribution is -2.41. The van der Waals surface area contributed by atoms with Gasteiger partial charge in [0.25, 0.3) is 11.6 Å². The monoisotopic (exact) mass is 450 g/mol. The van der Waals surface area contributed by atoms with Crippen molar-refractivity contribution >= 4 is 11.6 Å². The van der Waals surface area contributed by atoms with E-state index in [0.717, 1.165) is 43.4 Å². The molecule has 9 nitrogen and oxygen atoms in total. The SMILES string of the molecule is COc1ccc(-c2noc(CN(C(=O)c3ccc([N+](=O)[O-])c(C)c3)C3CCCCC3)n2)cc1. The Morgan fingerprint density at radius 3 is 2.55 bits per heavy atom. The van der Waals surface area contributed by atoms with Crippen LogP contribution in [0.5, 0.6) is 5.75 Å². The van der Waals surface area contributed by atoms with Crippen molar-refractivity contribution in [3.05, 3.63) is 69.6 Å². The molecule has 0 N–H and O–H groups in total. The van der Waals surface area contributed by atoms with Crippen LogP contribution in [0, 0.1) is 17.0 Å². The van der Waals surface area contributed by atoms with Crippen LogP contribution in [-0.4, -0.2) is 39.0 Å². The first kappa shape index (κ1) is 22.4. The summed E-state index contributed by atoms with van der Waals surface area (Å²) in [5.41, 5.74) is 1.65. The van der Waals surface area contributed by atoms with Crippen molar-refractivity contribution in [3.8, 4) is 17.1 Å². The van der Waals surface area contributed by atoms with E-state index in [2.05, 4.69) is 10.1 Å². The number of aryl methyl sites for hydroxylation is 1. The lowest BCUT2D eigenvalue weighted by atomic mass is 9.93. The predicted molar refractivity (Wildman–Crippen MR) is 121 cm³/mol. The molecule has 0 saturated heterocycles. The van der Waals surface area contributed by atoms with E-state index in [9.17, 15) is 14.9 Å². The van der Waals surface area contributed by atoms with Gasteiger partial charge in [-0.1, -0.05) is 24.4 Å². The highest BCUT2D eigenvalue weighted by atomic mass is 16.6. The van der Waals surface area contributed by atoms with Gasteiger partial charge in [0.05, 0.1) is 12.0 Å². The molecule has 1 aliphatic rings. The minimum absolute atomic E-state index is 0.00296. The highest BCUT2D eigenvalue weighted by Crippen LogP contribution is 2.28. The molecule has 1 heterocycles. The fourth-order valence-electron chi connectivity index (χ4n) is 4.24. The quantitative estimate of drug-likeness (QED) is 0.370. The molecule has 0 atom stereocenters. The van der Waals surface area contributed by atoms with Gasteiger partial charge in [0.2, 0.25) is 11.7 Å². The van der Waals surface area contributed by atoms with Gasteiger partial charge in [-0.2, -0.15) is 4.98 Å². The van der Waals surface area contributed by atoms with Crippen molar-refractivity contribution in [3.63, 3.8) is 0 Å². The third-order valence-electron chi connectivity index (χ3n) is 6.04. The summed E-state index contributed by atoms with van der Waals surface area (Å²) in [7, 11) is 1.60. The molecule has 1 fully saturated rings. The van der Waals surface area contributed by atoms with E-state index < -0.39 is 4.92 Å². The molecule has 1 aromatic heterocycles. The number of amides is 1. The molecule has 0 aliphatic heterocycles. The summed E-state index contributed by atoms with van der Waals surface area (Å²) in [6.07, 6.45) is 5.05. The molecule has 1 saturated carbocycles. The standard InChI is InChI=1S/C24H26N4O5/c1-16-14-18(10-13-21(16)28(30)31)24(29)27(19-6-4-3-5-7-19)15-22-25-23(26-33-22)17-8-11-20(32-2)12-9-17/h8-14,19H,3-7,15H2,1-2H3. The number of carbonyl (C=O) groups is 1. The molecule has 9 heteroatoms. The topological polar surface area (TPSA) is 112 Å². The number of nitrogens with zero attached hydrogens (tertiary/aromatic N) is 4. The van der Waals surface area contributed by atoms with Crippen molar-refractivity contribution in [1.29, 1.82) is 0 Å². The summed E-state index contributed by atoms with van der Waals surface area (Å²) in [4.78, 5) is 30.5. The van der Waals surface area contributed by atoms with Gasteiger partial charge < -0.3 is 14.2 Å². The van der Waals surface area contributed by atoms with E-state index in [1.54, 1.807) is 25.0 Å². The first-order chi connectivity index (χ1) is 16.0. The summed E-state index contributed by atoms with van der Waals surface area (Å²) in [6.45, 7) is 1.82. The first-order valence-corrected chi connectivity index (χ1v) is 11.0. The van der Waals surface area contributed by atoms with Gasteiger partial charge >= 0.3 is 0 Å². The number of ether oxygens (including phenoxy) is 1. The maximum Gasteiger partial charge on any atom is 0.272 e. The molecule has 2 aromatic carbocycles. The second-order valence-corrected chi connectivity index (χ2v) is 8.22. The minimum atomic E-state index is -0.443. The number of nitro groups is 1. The summed E-state index contributed by atoms with van der Waals surface area (Å²) in [5.74, 6) is 1.33. The third kappa shape index (κ3) is 5.02. The van der Waals surface area contributed by atoms with Crippen molar-refractivity contribution in [2.75, 3.05) is 7.11 Å². The Morgan fingerprint density at radius 1 is 1.18 bits per heavy atom. The second-order valence-electron chi connectivity index (χ2n) is 8.22. The number of carbonyl (C=O) groups excluding carboxylic acids is 1. The predicted octanol–water partition coefficient (Wildman–Crippen LogP) is 4.94. The Bertz CT molecular complexity index is 1140. The molecule has 4 rings (SSSR count). The lowest BCUT2D eigenvalue weighted by molar-refractivity contribution is -0.385. The van der Waals surface area contributed by atoms with Crippen molar-refractivity contribution in [2.45, 2.75) is 51.6 Å². The largest absolute Gasteiger partial charge is 0.497 e. The van der Waals surface area contributed by atoms with Crippen LogP contribution >= 0.6 is 0 Å². The van der Waals surface area contributed by atoms with Gasteiger partial charge in [0.15, 0.2) is 0 Å². The van der Waals surface area contributed by atoms with Gasteiger partial charge in [-0.05, 0) is 56.2 Å². The van der Waals surface area contributed by atoms with Crippen LogP contribution in [0.4, 0.5) is 5.69 Å². The van der Waals surface area contributed by atoms with Crippen molar-refractivity contribution < 1.29 is 19.0 Å². The van der Waals surface area contributed by atoms with Crippen molar-refractivity contribution in [1.82, 2.24) is 15.0 Å². The maximum absolute atomic E-state index is 13.5. The molecule has 33 heavy (non-hydrogen) atoms. The molecule has 0 bridgehead atoms. The summed E-state index contributed by atoms with van der Waals surface area (Å²) in [5, 5.41) is 15.2. The van der Waals surface area contributed by atoms with E-state index in [0.29, 0.717) is 22.8 Å². The second kappa shape index (κ2) is 9.81. The average Bonchev–Trinajstić information content (AvgIpc) is 3.31. The number of nitro benzene ring substituents is 1. The fraction of sp³-hybridized carbons (Fsp3) is 0.375. The molecular weight excluding hydrogens is 424 g/mol. The number of aromatic nitrogens is 2. The van der Waals surface area contributed by atoms with Gasteiger partial charge in [-0.25, -0.2) is 0 Å². The Morgan fingerprint density at radius 2 is 1.91 bits per heavy atom. The molecule has 172 valence electrons. The molecular formula is C24H26N4O5. The number of hydrogen-bond acceptors (Lipinski definition) is 7. The van der Waals surface area contributed by atoms with Gasteiger partial charge in [0.1, 0.15) is 12.3 Å². The molecule has 3 aromatic rings. The van der Waals surface area contributed by atoms with Crippen molar-refractivity contribution in [2.24, 2.45) is 0 Å². The van der Waals surface area contributed by atoms with Gasteiger partial charge in [-0.15, -0.1) is 0 Å². The molecule has 1 amide bonds. The number of rotatable bonds is 7. The lowest BCUT2D eigenvalue weighted by Gasteiger charge is -2.33. The number of hydrogen-bond donors (Lipinski definition) is 0. The zero-order chi connectivity index (χ0) is 23.4.